The van der Waals surface area contributed by atoms with Crippen LogP contribution in [0, 0.1) is 0 Å². The lowest BCUT2D eigenvalue weighted by molar-refractivity contribution is 0.524. The maximum atomic E-state index is 5.53. The van der Waals surface area contributed by atoms with E-state index in [9.17, 15) is 0 Å². The van der Waals surface area contributed by atoms with E-state index >= 15 is 0 Å². The summed E-state index contributed by atoms with van der Waals surface area (Å²) < 4.78 is 0. The van der Waals surface area contributed by atoms with Crippen molar-refractivity contribution in [2.75, 3.05) is 6.54 Å². The minimum Gasteiger partial charge on any atom is -0.330 e. The van der Waals surface area contributed by atoms with Gasteiger partial charge in [0.25, 0.3) is 0 Å². The Hall–Kier alpha value is -0.300. The highest BCUT2D eigenvalue weighted by Gasteiger charge is 1.95. The molecule has 0 saturated heterocycles. The highest BCUT2D eigenvalue weighted by atomic mass is 14.5. The fraction of sp³-hybridized carbons (Fsp3) is 0.933. The molecule has 0 saturated carbocycles. The largest absolute Gasteiger partial charge is 0.330 e. The third kappa shape index (κ3) is 29.7. The summed E-state index contributed by atoms with van der Waals surface area (Å²) in [6, 6.07) is 0. The van der Waals surface area contributed by atoms with Gasteiger partial charge in [0.1, 0.15) is 0 Å². The van der Waals surface area contributed by atoms with Crippen LogP contribution in [0.1, 0.15) is 174 Å². The molecule has 0 fully saturated rings. The highest BCUT2D eigenvalue weighted by Crippen LogP contribution is 2.15. The summed E-state index contributed by atoms with van der Waals surface area (Å²) in [5.41, 5.74) is 5.53. The molecule has 1 heteroatoms. The predicted molar refractivity (Wildman–Crippen MR) is 144 cm³/mol. The number of unbranched alkanes of at least 4 members (excludes halogenated alkanes) is 24. The van der Waals surface area contributed by atoms with Crippen molar-refractivity contribution in [2.24, 2.45) is 5.73 Å². The third-order valence-electron chi connectivity index (χ3n) is 6.72. The van der Waals surface area contributed by atoms with Gasteiger partial charge in [-0.05, 0) is 38.6 Å². The molecule has 0 rings (SSSR count). The molecule has 0 bridgehead atoms. The first-order valence-electron chi connectivity index (χ1n) is 14.8. The Balaban J connectivity index is 3.04. The van der Waals surface area contributed by atoms with Crippen LogP contribution in [0.4, 0.5) is 0 Å². The second-order valence-electron chi connectivity index (χ2n) is 9.97. The van der Waals surface area contributed by atoms with Crippen LogP contribution in [0.15, 0.2) is 12.2 Å². The normalized spacial score (nSPS) is 11.7. The van der Waals surface area contributed by atoms with Crippen molar-refractivity contribution in [1.29, 1.82) is 0 Å². The van der Waals surface area contributed by atoms with E-state index in [1.54, 1.807) is 0 Å². The molecule has 31 heavy (non-hydrogen) atoms. The summed E-state index contributed by atoms with van der Waals surface area (Å²) in [7, 11) is 0. The number of allylic oxidation sites excluding steroid dienone is 2. The molecule has 0 radical (unpaired) electrons. The molecule has 0 heterocycles. The molecule has 0 aromatic rings. The van der Waals surface area contributed by atoms with Crippen molar-refractivity contribution in [3.63, 3.8) is 0 Å². The maximum Gasteiger partial charge on any atom is -0.00773 e. The summed E-state index contributed by atoms with van der Waals surface area (Å²) in [6.07, 6.45) is 41.8. The van der Waals surface area contributed by atoms with Crippen LogP contribution in [0.25, 0.3) is 0 Å². The predicted octanol–water partition coefficient (Wildman–Crippen LogP) is 10.7. The smallest absolute Gasteiger partial charge is 0.00773 e. The molecule has 0 atom stereocenters. The maximum absolute atomic E-state index is 5.53. The number of nitrogens with two attached hydrogens (primary N) is 1. The van der Waals surface area contributed by atoms with Gasteiger partial charge in [-0.25, -0.2) is 0 Å². The molecule has 0 aliphatic rings. The zero-order chi connectivity index (χ0) is 22.5. The van der Waals surface area contributed by atoms with Crippen molar-refractivity contribution >= 4 is 0 Å². The Morgan fingerprint density at radius 2 is 0.613 bits per heavy atom. The Labute approximate surface area is 198 Å². The van der Waals surface area contributed by atoms with Crippen LogP contribution in [-0.2, 0) is 0 Å². The standard InChI is InChI=1S/C30H61N/c1-2-3-4-5-6-7-8-9-10-11-12-13-14-15-16-17-18-19-20-21-22-23-24-25-26-27-28-29-30-31/h9-10H,2-8,11-31H2,1H3/b10-9-. The zero-order valence-corrected chi connectivity index (χ0v) is 21.8. The van der Waals surface area contributed by atoms with E-state index in [0.717, 1.165) is 6.54 Å². The lowest BCUT2D eigenvalue weighted by Crippen LogP contribution is -1.97. The first kappa shape index (κ1) is 30.7. The van der Waals surface area contributed by atoms with Gasteiger partial charge >= 0.3 is 0 Å². The van der Waals surface area contributed by atoms with Crippen molar-refractivity contribution in [3.05, 3.63) is 12.2 Å². The summed E-state index contributed by atoms with van der Waals surface area (Å²) in [4.78, 5) is 0. The Kier molecular flexibility index (Phi) is 29.4. The molecular formula is C30H61N. The number of hydrogen-bond acceptors (Lipinski definition) is 1. The van der Waals surface area contributed by atoms with Crippen LogP contribution in [-0.4, -0.2) is 6.54 Å². The first-order valence-corrected chi connectivity index (χ1v) is 14.8. The van der Waals surface area contributed by atoms with Gasteiger partial charge in [0, 0.05) is 0 Å². The van der Waals surface area contributed by atoms with E-state index < -0.39 is 0 Å². The average molecular weight is 436 g/mol. The summed E-state index contributed by atoms with van der Waals surface area (Å²) in [5, 5.41) is 0. The minimum atomic E-state index is 0.872. The lowest BCUT2D eigenvalue weighted by Gasteiger charge is -2.04. The van der Waals surface area contributed by atoms with E-state index in [4.69, 9.17) is 5.73 Å². The molecule has 2 N–H and O–H groups in total. The summed E-state index contributed by atoms with van der Waals surface area (Å²) in [5.74, 6) is 0. The molecule has 0 aromatic heterocycles. The molecule has 0 aromatic carbocycles. The molecule has 0 aliphatic carbocycles. The van der Waals surface area contributed by atoms with E-state index in [1.807, 2.05) is 0 Å². The van der Waals surface area contributed by atoms with Crippen LogP contribution < -0.4 is 5.73 Å². The van der Waals surface area contributed by atoms with Crippen LogP contribution in [0.3, 0.4) is 0 Å². The Bertz CT molecular complexity index is 322. The van der Waals surface area contributed by atoms with Crippen molar-refractivity contribution in [1.82, 2.24) is 0 Å². The quantitative estimate of drug-likeness (QED) is 0.101. The fourth-order valence-corrected chi connectivity index (χ4v) is 4.51. The second kappa shape index (κ2) is 29.7. The van der Waals surface area contributed by atoms with Crippen molar-refractivity contribution in [3.8, 4) is 0 Å². The Morgan fingerprint density at radius 1 is 0.355 bits per heavy atom. The average Bonchev–Trinajstić information content (AvgIpc) is 2.78. The van der Waals surface area contributed by atoms with Gasteiger partial charge in [0.2, 0.25) is 0 Å². The van der Waals surface area contributed by atoms with Gasteiger partial charge in [-0.2, -0.15) is 0 Å². The van der Waals surface area contributed by atoms with E-state index in [-0.39, 0.29) is 0 Å². The van der Waals surface area contributed by atoms with Crippen LogP contribution in [0.2, 0.25) is 0 Å². The number of hydrogen-bond donors (Lipinski definition) is 1. The fourth-order valence-electron chi connectivity index (χ4n) is 4.51. The van der Waals surface area contributed by atoms with Gasteiger partial charge < -0.3 is 5.73 Å². The number of rotatable bonds is 27. The van der Waals surface area contributed by atoms with E-state index in [1.165, 1.54) is 167 Å². The monoisotopic (exact) mass is 435 g/mol. The summed E-state index contributed by atoms with van der Waals surface area (Å²) >= 11 is 0. The van der Waals surface area contributed by atoms with Gasteiger partial charge in [-0.3, -0.25) is 0 Å². The molecular weight excluding hydrogens is 374 g/mol. The summed E-state index contributed by atoms with van der Waals surface area (Å²) in [6.45, 7) is 3.17. The van der Waals surface area contributed by atoms with Crippen LogP contribution in [0.5, 0.6) is 0 Å². The topological polar surface area (TPSA) is 26.0 Å². The lowest BCUT2D eigenvalue weighted by atomic mass is 10.0. The SMILES string of the molecule is CCCCCCCC/C=C\CCCCCCCCCCCCCCCCCCCCN. The van der Waals surface area contributed by atoms with Gasteiger partial charge in [0.15, 0.2) is 0 Å². The molecule has 0 amide bonds. The van der Waals surface area contributed by atoms with Crippen molar-refractivity contribution in [2.45, 2.75) is 174 Å². The van der Waals surface area contributed by atoms with E-state index in [0.29, 0.717) is 0 Å². The van der Waals surface area contributed by atoms with Gasteiger partial charge in [0.05, 0.1) is 0 Å². The molecule has 0 aliphatic heterocycles. The molecule has 0 unspecified atom stereocenters. The Morgan fingerprint density at radius 3 is 0.903 bits per heavy atom. The molecule has 186 valence electrons. The highest BCUT2D eigenvalue weighted by molar-refractivity contribution is 4.81. The van der Waals surface area contributed by atoms with Gasteiger partial charge in [-0.1, -0.05) is 154 Å². The molecule has 0 spiro atoms. The first-order chi connectivity index (χ1) is 15.4. The zero-order valence-electron chi connectivity index (χ0n) is 21.8. The second-order valence-corrected chi connectivity index (χ2v) is 9.97. The minimum absolute atomic E-state index is 0.872. The van der Waals surface area contributed by atoms with Gasteiger partial charge in [-0.15, -0.1) is 0 Å². The van der Waals surface area contributed by atoms with Crippen LogP contribution >= 0.6 is 0 Å². The third-order valence-corrected chi connectivity index (χ3v) is 6.72. The van der Waals surface area contributed by atoms with E-state index in [2.05, 4.69) is 19.1 Å². The van der Waals surface area contributed by atoms with Crippen molar-refractivity contribution < 1.29 is 0 Å². The molecule has 1 nitrogen and oxygen atoms in total.